The van der Waals surface area contributed by atoms with Crippen molar-refractivity contribution >= 4 is 75.0 Å². The first-order valence-electron chi connectivity index (χ1n) is 18.2. The molecule has 2 aromatic heterocycles. The molecule has 296 valence electrons. The summed E-state index contributed by atoms with van der Waals surface area (Å²) in [7, 11) is 0. The van der Waals surface area contributed by atoms with Crippen molar-refractivity contribution in [3.63, 3.8) is 0 Å². The number of carbonyl (C=O) groups is 2. The summed E-state index contributed by atoms with van der Waals surface area (Å²) in [6.45, 7) is 3.31. The van der Waals surface area contributed by atoms with Crippen LogP contribution in [-0.2, 0) is 28.5 Å². The Labute approximate surface area is 330 Å². The lowest BCUT2D eigenvalue weighted by Gasteiger charge is -2.13. The van der Waals surface area contributed by atoms with Gasteiger partial charge in [0.2, 0.25) is 0 Å². The van der Waals surface area contributed by atoms with Crippen molar-refractivity contribution < 1.29 is 48.2 Å². The summed E-state index contributed by atoms with van der Waals surface area (Å²) in [5, 5.41) is 22.5. The number of aliphatic hydroxyl groups excluding tert-OH is 2. The molecule has 2 heterocycles. The molecule has 0 bridgehead atoms. The van der Waals surface area contributed by atoms with Crippen molar-refractivity contribution in [2.45, 2.75) is 38.9 Å². The molecule has 4 aromatic carbocycles. The molecule has 0 aliphatic heterocycles. The van der Waals surface area contributed by atoms with E-state index in [1.165, 1.54) is 22.7 Å². The van der Waals surface area contributed by atoms with Crippen molar-refractivity contribution in [2.75, 3.05) is 52.9 Å². The van der Waals surface area contributed by atoms with Gasteiger partial charge in [-0.05, 0) is 73.5 Å². The summed E-state index contributed by atoms with van der Waals surface area (Å²) in [6.07, 6.45) is -0.802. The normalized spacial score (nSPS) is 12.2. The van der Waals surface area contributed by atoms with Crippen molar-refractivity contribution in [1.29, 1.82) is 0 Å². The van der Waals surface area contributed by atoms with E-state index in [1.54, 1.807) is 48.5 Å². The minimum Gasteiger partial charge on any atom is -0.482 e. The number of hydrogen-bond acceptors (Lipinski definition) is 14. The number of fused-ring (bicyclic) bond motifs is 4. The smallest absolute Gasteiger partial charge is 0.344 e. The maximum Gasteiger partial charge on any atom is 0.344 e. The van der Waals surface area contributed by atoms with Crippen LogP contribution in [0.2, 0.25) is 0 Å². The lowest BCUT2D eigenvalue weighted by atomic mass is 10.2. The second-order valence-electron chi connectivity index (χ2n) is 12.3. The lowest BCUT2D eigenvalue weighted by molar-refractivity contribution is -0.151. The Hall–Kier alpha value is -4.96. The van der Waals surface area contributed by atoms with Crippen LogP contribution in [0.5, 0.6) is 11.5 Å². The fourth-order valence-corrected chi connectivity index (χ4v) is 7.54. The molecule has 6 rings (SSSR count). The van der Waals surface area contributed by atoms with Crippen LogP contribution in [0.1, 0.15) is 26.7 Å². The second-order valence-corrected chi connectivity index (χ2v) is 14.4. The van der Waals surface area contributed by atoms with E-state index < -0.39 is 24.1 Å². The van der Waals surface area contributed by atoms with E-state index in [4.69, 9.17) is 28.4 Å². The van der Waals surface area contributed by atoms with Crippen molar-refractivity contribution in [3.8, 4) is 11.5 Å². The van der Waals surface area contributed by atoms with E-state index in [1.807, 2.05) is 50.2 Å². The largest absolute Gasteiger partial charge is 0.482 e. The Morgan fingerprint density at radius 2 is 0.946 bits per heavy atom. The third-order valence-electron chi connectivity index (χ3n) is 8.13. The van der Waals surface area contributed by atoms with E-state index in [0.717, 1.165) is 18.8 Å². The molecule has 56 heavy (non-hydrogen) atoms. The molecule has 0 spiro atoms. The van der Waals surface area contributed by atoms with E-state index in [2.05, 4.69) is 0 Å². The fourth-order valence-electron chi connectivity index (χ4n) is 5.43. The molecule has 2 atom stereocenters. The van der Waals surface area contributed by atoms with Crippen LogP contribution in [-0.4, -0.2) is 87.2 Å². The average molecular weight is 805 g/mol. The van der Waals surface area contributed by atoms with Gasteiger partial charge in [-0.25, -0.2) is 9.59 Å². The van der Waals surface area contributed by atoms with Crippen LogP contribution >= 0.6 is 22.7 Å². The molecule has 0 saturated heterocycles. The summed E-state index contributed by atoms with van der Waals surface area (Å²) in [5.74, 6) is -0.619. The van der Waals surface area contributed by atoms with E-state index >= 15 is 0 Å². The zero-order valence-corrected chi connectivity index (χ0v) is 32.7. The molecule has 0 aliphatic carbocycles. The van der Waals surface area contributed by atoms with Gasteiger partial charge < -0.3 is 38.6 Å². The zero-order valence-electron chi connectivity index (χ0n) is 31.1. The van der Waals surface area contributed by atoms with E-state index in [0.29, 0.717) is 59.1 Å². The van der Waals surface area contributed by atoms with Crippen LogP contribution in [0.25, 0.3) is 40.3 Å². The molecular weight excluding hydrogens is 761 g/mol. The highest BCUT2D eigenvalue weighted by Crippen LogP contribution is 2.28. The molecule has 0 amide bonds. The highest BCUT2D eigenvalue weighted by Gasteiger charge is 2.14. The summed E-state index contributed by atoms with van der Waals surface area (Å²) in [4.78, 5) is 50.1. The Bertz CT molecular complexity index is 2190. The molecular formula is C42H44O12S2. The highest BCUT2D eigenvalue weighted by molar-refractivity contribution is 7.24. The van der Waals surface area contributed by atoms with Crippen molar-refractivity contribution in [3.05, 3.63) is 105 Å². The minimum absolute atomic E-state index is 0.0347. The van der Waals surface area contributed by atoms with Gasteiger partial charge in [0.25, 0.3) is 0 Å². The van der Waals surface area contributed by atoms with Crippen molar-refractivity contribution in [1.82, 2.24) is 0 Å². The van der Waals surface area contributed by atoms with Gasteiger partial charge in [-0.1, -0.05) is 38.1 Å². The van der Waals surface area contributed by atoms with Crippen LogP contribution in [0.3, 0.4) is 0 Å². The number of rotatable bonds is 19. The second kappa shape index (κ2) is 21.4. The standard InChI is InChI=1S/C40H38O12S2.C2H6/c41-25(21-51-37(43)23-49-27-11-13-35-31(17-27)39(45)29-7-1-3-9-33(29)53-35)19-47-15-5-6-16-48-20-26(42)22-52-38(44)24-50-28-12-14-36-32(18-28)40(46)30-8-2-4-10-34(30)54-36;1-2/h1-4,7-14,17-18,25-26,41-42H,5-6,15-16,19-24H2;1-2H3. The summed E-state index contributed by atoms with van der Waals surface area (Å²) in [6, 6.07) is 24.9. The Morgan fingerprint density at radius 3 is 1.38 bits per heavy atom. The molecule has 6 aromatic rings. The van der Waals surface area contributed by atoms with Crippen LogP contribution in [0, 0.1) is 0 Å². The van der Waals surface area contributed by atoms with E-state index in [-0.39, 0.29) is 50.5 Å². The lowest BCUT2D eigenvalue weighted by Crippen LogP contribution is -2.26. The Kier molecular flexibility index (Phi) is 16.1. The Balaban J connectivity index is 0.00000295. The Morgan fingerprint density at radius 1 is 0.554 bits per heavy atom. The predicted octanol–water partition coefficient (Wildman–Crippen LogP) is 6.25. The summed E-state index contributed by atoms with van der Waals surface area (Å²) in [5.41, 5.74) is -0.203. The molecule has 2 unspecified atom stereocenters. The molecule has 0 fully saturated rings. The predicted molar refractivity (Wildman–Crippen MR) is 218 cm³/mol. The maximum atomic E-state index is 12.9. The van der Waals surface area contributed by atoms with Gasteiger partial charge in [0, 0.05) is 53.6 Å². The molecule has 0 saturated carbocycles. The van der Waals surface area contributed by atoms with Gasteiger partial charge in [-0.3, -0.25) is 9.59 Å². The number of unbranched alkanes of at least 4 members (excludes halogenated alkanes) is 1. The van der Waals surface area contributed by atoms with Crippen LogP contribution in [0.15, 0.2) is 94.5 Å². The summed E-state index contributed by atoms with van der Waals surface area (Å²) >= 11 is 3.00. The summed E-state index contributed by atoms with van der Waals surface area (Å²) < 4.78 is 35.5. The SMILES string of the molecule is CC.O=C(COc1ccc2sc3ccccc3c(=O)c2c1)OCC(O)COCCCCOCC(O)COC(=O)COc1ccc2sc3ccccc3c(=O)c2c1. The van der Waals surface area contributed by atoms with Crippen molar-refractivity contribution in [2.24, 2.45) is 0 Å². The van der Waals surface area contributed by atoms with Gasteiger partial charge in [0.1, 0.15) is 36.9 Å². The number of ether oxygens (including phenoxy) is 6. The number of esters is 2. The van der Waals surface area contributed by atoms with Crippen LogP contribution in [0.4, 0.5) is 0 Å². The number of carbonyl (C=O) groups excluding carboxylic acids is 2. The third-order valence-corrected chi connectivity index (χ3v) is 10.4. The monoisotopic (exact) mass is 804 g/mol. The highest BCUT2D eigenvalue weighted by atomic mass is 32.1. The first-order chi connectivity index (χ1) is 27.2. The topological polar surface area (TPSA) is 164 Å². The number of benzene rings is 4. The van der Waals surface area contributed by atoms with Gasteiger partial charge >= 0.3 is 11.9 Å². The van der Waals surface area contributed by atoms with Gasteiger partial charge in [0.05, 0.1) is 13.2 Å². The molecule has 12 nitrogen and oxygen atoms in total. The average Bonchev–Trinajstić information content (AvgIpc) is 3.22. The van der Waals surface area contributed by atoms with Gasteiger partial charge in [-0.2, -0.15) is 0 Å². The molecule has 2 N–H and O–H groups in total. The maximum absolute atomic E-state index is 12.9. The molecule has 0 aliphatic rings. The molecule has 14 heteroatoms. The quantitative estimate of drug-likeness (QED) is 0.0539. The first-order valence-corrected chi connectivity index (χ1v) is 19.9. The zero-order chi connectivity index (χ0) is 39.9. The minimum atomic E-state index is -1.02. The number of aliphatic hydroxyl groups is 2. The third kappa shape index (κ3) is 11.8. The van der Waals surface area contributed by atoms with E-state index in [9.17, 15) is 29.4 Å². The first kappa shape index (κ1) is 42.2. The number of hydrogen-bond donors (Lipinski definition) is 2. The van der Waals surface area contributed by atoms with Gasteiger partial charge in [0.15, 0.2) is 24.1 Å². The van der Waals surface area contributed by atoms with Crippen LogP contribution < -0.4 is 20.3 Å². The molecule has 0 radical (unpaired) electrons. The van der Waals surface area contributed by atoms with Gasteiger partial charge in [-0.15, -0.1) is 22.7 Å². The fraction of sp³-hybridized carbons (Fsp3) is 0.333.